The van der Waals surface area contributed by atoms with Crippen molar-refractivity contribution in [1.82, 2.24) is 10.3 Å². The Kier molecular flexibility index (Phi) is 2.29. The molecular weight excluding hydrogens is 196 g/mol. The summed E-state index contributed by atoms with van der Waals surface area (Å²) < 4.78 is 0. The monoisotopic (exact) mass is 212 g/mol. The maximum atomic E-state index is 3.38. The highest BCUT2D eigenvalue weighted by molar-refractivity contribution is 5.67. The van der Waals surface area contributed by atoms with Crippen LogP contribution >= 0.6 is 0 Å². The van der Waals surface area contributed by atoms with Gasteiger partial charge in [0.05, 0.1) is 0 Å². The highest BCUT2D eigenvalue weighted by Gasteiger charge is 2.23. The fraction of sp³-hybridized carbons (Fsp3) is 0.286. The predicted octanol–water partition coefficient (Wildman–Crippen LogP) is 2.89. The Balaban J connectivity index is 2.12. The van der Waals surface area contributed by atoms with Gasteiger partial charge < -0.3 is 10.3 Å². The summed E-state index contributed by atoms with van der Waals surface area (Å²) in [4.78, 5) is 3.30. The third kappa shape index (κ3) is 1.38. The summed E-state index contributed by atoms with van der Waals surface area (Å²) in [6.45, 7) is 0. The molecule has 3 rings (SSSR count). The second-order valence-corrected chi connectivity index (χ2v) is 4.34. The van der Waals surface area contributed by atoms with Gasteiger partial charge in [-0.25, -0.2) is 0 Å². The van der Waals surface area contributed by atoms with Gasteiger partial charge in [-0.05, 0) is 43.1 Å². The van der Waals surface area contributed by atoms with Crippen LogP contribution in [0.1, 0.15) is 23.6 Å². The first-order chi connectivity index (χ1) is 7.90. The zero-order valence-electron chi connectivity index (χ0n) is 9.46. The van der Waals surface area contributed by atoms with E-state index in [4.69, 9.17) is 0 Å². The number of aromatic nitrogens is 1. The van der Waals surface area contributed by atoms with E-state index in [-0.39, 0.29) is 0 Å². The first kappa shape index (κ1) is 9.67. The summed E-state index contributed by atoms with van der Waals surface area (Å²) in [5, 5.41) is 3.38. The van der Waals surface area contributed by atoms with Crippen molar-refractivity contribution in [3.8, 4) is 11.3 Å². The molecule has 0 radical (unpaired) electrons. The third-order valence-corrected chi connectivity index (χ3v) is 3.51. The molecule has 2 aromatic rings. The summed E-state index contributed by atoms with van der Waals surface area (Å²) in [6.07, 6.45) is 4.37. The van der Waals surface area contributed by atoms with E-state index in [0.717, 1.165) is 0 Å². The second kappa shape index (κ2) is 3.80. The van der Waals surface area contributed by atoms with Gasteiger partial charge in [0.1, 0.15) is 0 Å². The van der Waals surface area contributed by atoms with Crippen molar-refractivity contribution in [2.75, 3.05) is 7.05 Å². The standard InChI is InChI=1S/C14H16N2/c1-15-13-8-7-10-11(13)4-2-5-12(10)14-6-3-9-16-14/h2-6,9,13,15-16H,7-8H2,1H3. The number of benzene rings is 1. The van der Waals surface area contributed by atoms with Crippen molar-refractivity contribution in [3.63, 3.8) is 0 Å². The molecule has 2 N–H and O–H groups in total. The zero-order chi connectivity index (χ0) is 11.0. The van der Waals surface area contributed by atoms with Gasteiger partial charge in [0.15, 0.2) is 0 Å². The topological polar surface area (TPSA) is 27.8 Å². The maximum Gasteiger partial charge on any atom is 0.0456 e. The summed E-state index contributed by atoms with van der Waals surface area (Å²) in [7, 11) is 2.04. The van der Waals surface area contributed by atoms with Crippen LogP contribution in [-0.2, 0) is 6.42 Å². The van der Waals surface area contributed by atoms with Crippen LogP contribution in [0, 0.1) is 0 Å². The molecule has 16 heavy (non-hydrogen) atoms. The molecule has 0 bridgehead atoms. The van der Waals surface area contributed by atoms with Crippen LogP contribution in [0.15, 0.2) is 36.5 Å². The van der Waals surface area contributed by atoms with Crippen LogP contribution in [0.2, 0.25) is 0 Å². The van der Waals surface area contributed by atoms with Gasteiger partial charge in [-0.15, -0.1) is 0 Å². The van der Waals surface area contributed by atoms with Crippen LogP contribution in [-0.4, -0.2) is 12.0 Å². The van der Waals surface area contributed by atoms with Crippen molar-refractivity contribution in [3.05, 3.63) is 47.7 Å². The number of fused-ring (bicyclic) bond motifs is 1. The Morgan fingerprint density at radius 2 is 2.19 bits per heavy atom. The lowest BCUT2D eigenvalue weighted by Crippen LogP contribution is -2.12. The quantitative estimate of drug-likeness (QED) is 0.787. The Labute approximate surface area is 95.7 Å². The van der Waals surface area contributed by atoms with Crippen LogP contribution in [0.5, 0.6) is 0 Å². The van der Waals surface area contributed by atoms with E-state index in [2.05, 4.69) is 40.6 Å². The van der Waals surface area contributed by atoms with Gasteiger partial charge in [-0.2, -0.15) is 0 Å². The molecule has 2 heteroatoms. The van der Waals surface area contributed by atoms with E-state index in [9.17, 15) is 0 Å². The number of nitrogens with one attached hydrogen (secondary N) is 2. The summed E-state index contributed by atoms with van der Waals surface area (Å²) in [5.41, 5.74) is 5.56. The smallest absolute Gasteiger partial charge is 0.0456 e. The molecule has 1 heterocycles. The molecule has 1 aliphatic rings. The van der Waals surface area contributed by atoms with Crippen molar-refractivity contribution >= 4 is 0 Å². The molecule has 1 atom stereocenters. The highest BCUT2D eigenvalue weighted by Crippen LogP contribution is 2.36. The molecule has 82 valence electrons. The molecule has 0 amide bonds. The first-order valence-electron chi connectivity index (χ1n) is 5.83. The van der Waals surface area contributed by atoms with E-state index in [1.54, 1.807) is 0 Å². The Morgan fingerprint density at radius 1 is 1.25 bits per heavy atom. The normalized spacial score (nSPS) is 18.7. The van der Waals surface area contributed by atoms with Gasteiger partial charge in [-0.1, -0.05) is 18.2 Å². The third-order valence-electron chi connectivity index (χ3n) is 3.51. The molecule has 0 spiro atoms. The van der Waals surface area contributed by atoms with Gasteiger partial charge in [-0.3, -0.25) is 0 Å². The number of aromatic amines is 1. The van der Waals surface area contributed by atoms with Gasteiger partial charge in [0.25, 0.3) is 0 Å². The molecular formula is C14H16N2. The maximum absolute atomic E-state index is 3.38. The lowest BCUT2D eigenvalue weighted by atomic mass is 10.0. The number of hydrogen-bond donors (Lipinski definition) is 2. The van der Waals surface area contributed by atoms with Crippen molar-refractivity contribution < 1.29 is 0 Å². The molecule has 2 nitrogen and oxygen atoms in total. The van der Waals surface area contributed by atoms with Crippen molar-refractivity contribution in [2.45, 2.75) is 18.9 Å². The van der Waals surface area contributed by atoms with Crippen LogP contribution in [0.25, 0.3) is 11.3 Å². The zero-order valence-corrected chi connectivity index (χ0v) is 9.46. The molecule has 1 aromatic carbocycles. The number of H-pyrrole nitrogens is 1. The first-order valence-corrected chi connectivity index (χ1v) is 5.83. The molecule has 0 fully saturated rings. The summed E-state index contributed by atoms with van der Waals surface area (Å²) >= 11 is 0. The lowest BCUT2D eigenvalue weighted by Gasteiger charge is -2.11. The van der Waals surface area contributed by atoms with Gasteiger partial charge in [0, 0.05) is 23.5 Å². The van der Waals surface area contributed by atoms with Crippen LogP contribution < -0.4 is 5.32 Å². The summed E-state index contributed by atoms with van der Waals surface area (Å²) in [6, 6.07) is 11.3. The minimum absolute atomic E-state index is 0.532. The van der Waals surface area contributed by atoms with E-state index in [0.29, 0.717) is 6.04 Å². The fourth-order valence-electron chi connectivity index (χ4n) is 2.70. The molecule has 0 saturated heterocycles. The Hall–Kier alpha value is -1.54. The van der Waals surface area contributed by atoms with E-state index >= 15 is 0 Å². The Bertz CT molecular complexity index is 485. The van der Waals surface area contributed by atoms with Crippen LogP contribution in [0.4, 0.5) is 0 Å². The Morgan fingerprint density at radius 3 is 2.94 bits per heavy atom. The SMILES string of the molecule is CNC1CCc2c(-c3ccc[nH]3)cccc21. The predicted molar refractivity (Wildman–Crippen MR) is 66.4 cm³/mol. The number of hydrogen-bond acceptors (Lipinski definition) is 1. The minimum atomic E-state index is 0.532. The van der Waals surface area contributed by atoms with Crippen molar-refractivity contribution in [2.24, 2.45) is 0 Å². The molecule has 0 aliphatic heterocycles. The molecule has 1 unspecified atom stereocenters. The van der Waals surface area contributed by atoms with Gasteiger partial charge >= 0.3 is 0 Å². The minimum Gasteiger partial charge on any atom is -0.361 e. The van der Waals surface area contributed by atoms with E-state index in [1.807, 2.05) is 13.2 Å². The van der Waals surface area contributed by atoms with Crippen molar-refractivity contribution in [1.29, 1.82) is 0 Å². The number of rotatable bonds is 2. The molecule has 0 saturated carbocycles. The molecule has 1 aromatic heterocycles. The average Bonchev–Trinajstić information content (AvgIpc) is 2.97. The molecule has 1 aliphatic carbocycles. The van der Waals surface area contributed by atoms with E-state index < -0.39 is 0 Å². The highest BCUT2D eigenvalue weighted by atomic mass is 14.9. The fourth-order valence-corrected chi connectivity index (χ4v) is 2.70. The lowest BCUT2D eigenvalue weighted by molar-refractivity contribution is 0.590. The largest absolute Gasteiger partial charge is 0.361 e. The summed E-state index contributed by atoms with van der Waals surface area (Å²) in [5.74, 6) is 0. The van der Waals surface area contributed by atoms with Crippen LogP contribution in [0.3, 0.4) is 0 Å². The van der Waals surface area contributed by atoms with E-state index in [1.165, 1.54) is 35.2 Å². The average molecular weight is 212 g/mol. The van der Waals surface area contributed by atoms with Gasteiger partial charge in [0.2, 0.25) is 0 Å². The second-order valence-electron chi connectivity index (χ2n) is 4.34.